The summed E-state index contributed by atoms with van der Waals surface area (Å²) >= 11 is 13.8. The highest BCUT2D eigenvalue weighted by Gasteiger charge is 2.32. The van der Waals surface area contributed by atoms with Crippen molar-refractivity contribution in [1.29, 1.82) is 0 Å². The SMILES string of the molecule is O=S(=O)(NCC1(CBr)CCCCC1)c1cc(Cl)c(Br)s1. The summed E-state index contributed by atoms with van der Waals surface area (Å²) in [7, 11) is -3.48. The second kappa shape index (κ2) is 6.96. The van der Waals surface area contributed by atoms with Crippen molar-refractivity contribution in [2.75, 3.05) is 11.9 Å². The molecule has 1 aromatic heterocycles. The Hall–Kier alpha value is 0.860. The molecule has 0 amide bonds. The largest absolute Gasteiger partial charge is 0.250 e. The molecular formula is C12H16Br2ClNO2S2. The van der Waals surface area contributed by atoms with Crippen molar-refractivity contribution in [2.24, 2.45) is 5.41 Å². The van der Waals surface area contributed by atoms with E-state index in [1.54, 1.807) is 0 Å². The lowest BCUT2D eigenvalue weighted by Crippen LogP contribution is -2.39. The molecule has 114 valence electrons. The van der Waals surface area contributed by atoms with Gasteiger partial charge < -0.3 is 0 Å². The third-order valence-electron chi connectivity index (χ3n) is 3.72. The number of hydrogen-bond acceptors (Lipinski definition) is 3. The Balaban J connectivity index is 2.08. The van der Waals surface area contributed by atoms with E-state index in [1.807, 2.05) is 0 Å². The predicted octanol–water partition coefficient (Wildman–Crippen LogP) is 4.79. The molecule has 0 atom stereocenters. The molecule has 1 heterocycles. The van der Waals surface area contributed by atoms with Gasteiger partial charge in [-0.2, -0.15) is 0 Å². The molecule has 0 aromatic carbocycles. The van der Waals surface area contributed by atoms with E-state index in [2.05, 4.69) is 36.6 Å². The third-order valence-corrected chi connectivity index (χ3v) is 9.26. The number of rotatable bonds is 5. The lowest BCUT2D eigenvalue weighted by Gasteiger charge is -2.35. The first kappa shape index (κ1) is 17.2. The summed E-state index contributed by atoms with van der Waals surface area (Å²) in [5.74, 6) is 0. The van der Waals surface area contributed by atoms with Gasteiger partial charge in [0.15, 0.2) is 0 Å². The number of nitrogens with one attached hydrogen (secondary N) is 1. The smallest absolute Gasteiger partial charge is 0.210 e. The summed E-state index contributed by atoms with van der Waals surface area (Å²) < 4.78 is 28.3. The maximum absolute atomic E-state index is 12.3. The van der Waals surface area contributed by atoms with Crippen LogP contribution in [0.1, 0.15) is 32.1 Å². The van der Waals surface area contributed by atoms with Crippen molar-refractivity contribution in [3.63, 3.8) is 0 Å². The van der Waals surface area contributed by atoms with Gasteiger partial charge in [0.1, 0.15) is 4.21 Å². The second-order valence-corrected chi connectivity index (χ2v) is 10.5. The fourth-order valence-corrected chi connectivity index (χ4v) is 6.80. The minimum atomic E-state index is -3.48. The molecule has 1 saturated carbocycles. The van der Waals surface area contributed by atoms with Crippen LogP contribution in [0.2, 0.25) is 5.02 Å². The number of alkyl halides is 1. The van der Waals surface area contributed by atoms with Gasteiger partial charge in [-0.3, -0.25) is 0 Å². The summed E-state index contributed by atoms with van der Waals surface area (Å²) in [5, 5.41) is 1.26. The Morgan fingerprint density at radius 3 is 2.50 bits per heavy atom. The minimum absolute atomic E-state index is 0.0452. The number of sulfonamides is 1. The fraction of sp³-hybridized carbons (Fsp3) is 0.667. The highest BCUT2D eigenvalue weighted by molar-refractivity contribution is 9.11. The average molecular weight is 466 g/mol. The fourth-order valence-electron chi connectivity index (χ4n) is 2.44. The van der Waals surface area contributed by atoms with E-state index in [0.29, 0.717) is 15.4 Å². The Kier molecular flexibility index (Phi) is 5.99. The molecule has 1 aromatic rings. The molecule has 3 nitrogen and oxygen atoms in total. The first-order valence-corrected chi connectivity index (χ1v) is 11.0. The zero-order valence-electron chi connectivity index (χ0n) is 10.8. The van der Waals surface area contributed by atoms with Crippen molar-refractivity contribution in [3.05, 3.63) is 14.9 Å². The van der Waals surface area contributed by atoms with Crippen molar-refractivity contribution in [3.8, 4) is 0 Å². The summed E-state index contributed by atoms with van der Waals surface area (Å²) in [5.41, 5.74) is 0.0452. The quantitative estimate of drug-likeness (QED) is 0.636. The lowest BCUT2D eigenvalue weighted by molar-refractivity contribution is 0.227. The van der Waals surface area contributed by atoms with Crippen LogP contribution in [0.3, 0.4) is 0 Å². The van der Waals surface area contributed by atoms with Crippen LogP contribution in [0.15, 0.2) is 14.1 Å². The van der Waals surface area contributed by atoms with Crippen LogP contribution in [0, 0.1) is 5.41 Å². The lowest BCUT2D eigenvalue weighted by atomic mass is 9.76. The number of hydrogen-bond donors (Lipinski definition) is 1. The summed E-state index contributed by atoms with van der Waals surface area (Å²) in [6.07, 6.45) is 5.72. The zero-order valence-corrected chi connectivity index (χ0v) is 16.4. The van der Waals surface area contributed by atoms with E-state index in [-0.39, 0.29) is 9.62 Å². The van der Waals surface area contributed by atoms with Crippen LogP contribution in [-0.2, 0) is 10.0 Å². The zero-order chi connectivity index (χ0) is 14.8. The molecule has 1 aliphatic carbocycles. The molecule has 0 spiro atoms. The molecule has 0 aliphatic heterocycles. The maximum Gasteiger partial charge on any atom is 0.250 e. The van der Waals surface area contributed by atoms with Crippen molar-refractivity contribution < 1.29 is 8.42 Å². The van der Waals surface area contributed by atoms with E-state index in [0.717, 1.165) is 29.5 Å². The predicted molar refractivity (Wildman–Crippen MR) is 91.5 cm³/mol. The van der Waals surface area contributed by atoms with Gasteiger partial charge in [-0.15, -0.1) is 11.3 Å². The van der Waals surface area contributed by atoms with E-state index in [9.17, 15) is 8.42 Å². The number of halogens is 3. The molecule has 2 rings (SSSR count). The van der Waals surface area contributed by atoms with Gasteiger partial charge in [0, 0.05) is 11.9 Å². The average Bonchev–Trinajstić information content (AvgIpc) is 2.79. The first-order chi connectivity index (χ1) is 9.38. The van der Waals surface area contributed by atoms with E-state index >= 15 is 0 Å². The van der Waals surface area contributed by atoms with Crippen LogP contribution in [-0.4, -0.2) is 20.3 Å². The Morgan fingerprint density at radius 1 is 1.35 bits per heavy atom. The normalized spacial score (nSPS) is 19.1. The standard InChI is InChI=1S/C12H16Br2ClNO2S2/c13-7-12(4-2-1-3-5-12)8-16-20(17,18)10-6-9(15)11(14)19-10/h6,16H,1-5,7-8H2. The second-order valence-electron chi connectivity index (χ2n) is 5.21. The van der Waals surface area contributed by atoms with Gasteiger partial charge in [-0.1, -0.05) is 46.8 Å². The van der Waals surface area contributed by atoms with Gasteiger partial charge >= 0.3 is 0 Å². The molecule has 1 aliphatic rings. The molecular weight excluding hydrogens is 450 g/mol. The molecule has 1 fully saturated rings. The Morgan fingerprint density at radius 2 is 2.00 bits per heavy atom. The van der Waals surface area contributed by atoms with Crippen LogP contribution in [0.5, 0.6) is 0 Å². The summed E-state index contributed by atoms with van der Waals surface area (Å²) in [6.45, 7) is 0.480. The van der Waals surface area contributed by atoms with Crippen molar-refractivity contribution in [1.82, 2.24) is 4.72 Å². The summed E-state index contributed by atoms with van der Waals surface area (Å²) in [4.78, 5) is 0. The van der Waals surface area contributed by atoms with Gasteiger partial charge in [0.05, 0.1) is 8.81 Å². The van der Waals surface area contributed by atoms with Crippen LogP contribution in [0.4, 0.5) is 0 Å². The van der Waals surface area contributed by atoms with Crippen molar-refractivity contribution >= 4 is 64.8 Å². The van der Waals surface area contributed by atoms with Gasteiger partial charge in [-0.05, 0) is 40.3 Å². The molecule has 0 radical (unpaired) electrons. The summed E-state index contributed by atoms with van der Waals surface area (Å²) in [6, 6.07) is 1.49. The Bertz CT molecular complexity index is 549. The molecule has 0 saturated heterocycles. The van der Waals surface area contributed by atoms with Crippen LogP contribution in [0.25, 0.3) is 0 Å². The van der Waals surface area contributed by atoms with Crippen molar-refractivity contribution in [2.45, 2.75) is 36.3 Å². The van der Waals surface area contributed by atoms with Gasteiger partial charge in [-0.25, -0.2) is 13.1 Å². The molecule has 0 unspecified atom stereocenters. The highest BCUT2D eigenvalue weighted by Crippen LogP contribution is 2.38. The topological polar surface area (TPSA) is 46.2 Å². The molecule has 1 N–H and O–H groups in total. The first-order valence-electron chi connectivity index (χ1n) is 6.39. The number of thiophene rings is 1. The molecule has 8 heteroatoms. The maximum atomic E-state index is 12.3. The third kappa shape index (κ3) is 3.98. The molecule has 20 heavy (non-hydrogen) atoms. The van der Waals surface area contributed by atoms with Crippen LogP contribution >= 0.6 is 54.8 Å². The monoisotopic (exact) mass is 463 g/mol. The van der Waals surface area contributed by atoms with E-state index in [4.69, 9.17) is 11.6 Å². The van der Waals surface area contributed by atoms with Gasteiger partial charge in [0.2, 0.25) is 10.0 Å². The van der Waals surface area contributed by atoms with E-state index < -0.39 is 10.0 Å². The van der Waals surface area contributed by atoms with Gasteiger partial charge in [0.25, 0.3) is 0 Å². The molecule has 0 bridgehead atoms. The highest BCUT2D eigenvalue weighted by atomic mass is 79.9. The Labute approximate surface area is 145 Å². The van der Waals surface area contributed by atoms with E-state index in [1.165, 1.54) is 25.3 Å². The minimum Gasteiger partial charge on any atom is -0.210 e. The van der Waals surface area contributed by atoms with Crippen LogP contribution < -0.4 is 4.72 Å².